The minimum absolute atomic E-state index is 0.0425. The Balaban J connectivity index is 2.00. The van der Waals surface area contributed by atoms with Gasteiger partial charge in [-0.2, -0.15) is 0 Å². The van der Waals surface area contributed by atoms with Crippen LogP contribution in [0.15, 0.2) is 0 Å². The minimum atomic E-state index is -0.0757. The molecular weight excluding hydrogens is 256 g/mol. The Morgan fingerprint density at radius 1 is 1.00 bits per heavy atom. The van der Waals surface area contributed by atoms with Crippen LogP contribution in [0.3, 0.4) is 0 Å². The van der Waals surface area contributed by atoms with E-state index in [0.717, 1.165) is 32.3 Å². The average Bonchev–Trinajstić information content (AvgIpc) is 2.42. The first-order chi connectivity index (χ1) is 9.65. The maximum absolute atomic E-state index is 11.9. The minimum Gasteiger partial charge on any atom is -0.379 e. The van der Waals surface area contributed by atoms with E-state index in [9.17, 15) is 9.59 Å². The monoisotopic (exact) mass is 284 g/mol. The van der Waals surface area contributed by atoms with Crippen LogP contribution in [0.4, 0.5) is 0 Å². The zero-order valence-electron chi connectivity index (χ0n) is 12.9. The molecule has 4 nitrogen and oxygen atoms in total. The second-order valence-corrected chi connectivity index (χ2v) is 5.67. The van der Waals surface area contributed by atoms with Gasteiger partial charge in [0.25, 0.3) is 0 Å². The molecule has 1 aliphatic carbocycles. The van der Waals surface area contributed by atoms with E-state index in [2.05, 4.69) is 6.92 Å². The van der Waals surface area contributed by atoms with Crippen LogP contribution < -0.4 is 0 Å². The zero-order chi connectivity index (χ0) is 14.8. The molecule has 4 heteroatoms. The normalized spacial score (nSPS) is 23.3. The van der Waals surface area contributed by atoms with E-state index in [4.69, 9.17) is 9.47 Å². The number of rotatable bonds is 10. The first kappa shape index (κ1) is 17.3. The number of hydrogen-bond donors (Lipinski definition) is 0. The van der Waals surface area contributed by atoms with Gasteiger partial charge in [0.1, 0.15) is 11.6 Å². The summed E-state index contributed by atoms with van der Waals surface area (Å²) in [5.41, 5.74) is 0. The summed E-state index contributed by atoms with van der Waals surface area (Å²) in [6.07, 6.45) is 4.65. The molecule has 1 fully saturated rings. The molecule has 0 aromatic heterocycles. The van der Waals surface area contributed by atoms with Crippen LogP contribution in [0.25, 0.3) is 0 Å². The maximum atomic E-state index is 11.9. The molecule has 0 radical (unpaired) electrons. The Morgan fingerprint density at radius 3 is 2.40 bits per heavy atom. The largest absolute Gasteiger partial charge is 0.379 e. The van der Waals surface area contributed by atoms with Gasteiger partial charge in [0.05, 0.1) is 13.2 Å². The Bertz CT molecular complexity index is 301. The molecule has 0 aromatic carbocycles. The number of hydrogen-bond acceptors (Lipinski definition) is 4. The number of ketones is 2. The molecular formula is C16H28O4. The molecule has 0 heterocycles. The van der Waals surface area contributed by atoms with Crippen molar-refractivity contribution in [2.45, 2.75) is 52.4 Å². The standard InChI is InChI=1S/C16H28O4/c1-3-7-19-9-10-20-8-5-4-6-14-12-15(17)11-13(2)16(14)18/h13-14H,3-12H2,1-2H3. The Morgan fingerprint density at radius 2 is 1.70 bits per heavy atom. The molecule has 1 saturated carbocycles. The summed E-state index contributed by atoms with van der Waals surface area (Å²) >= 11 is 0. The SMILES string of the molecule is CCCOCCOCCCCC1CC(=O)CC(C)C1=O. The first-order valence-corrected chi connectivity index (χ1v) is 7.86. The Labute approximate surface area is 122 Å². The van der Waals surface area contributed by atoms with Gasteiger partial charge in [0.15, 0.2) is 0 Å². The molecule has 20 heavy (non-hydrogen) atoms. The third-order valence-electron chi connectivity index (χ3n) is 3.71. The van der Waals surface area contributed by atoms with Crippen LogP contribution in [-0.2, 0) is 19.1 Å². The lowest BCUT2D eigenvalue weighted by Gasteiger charge is -2.24. The van der Waals surface area contributed by atoms with Crippen LogP contribution in [-0.4, -0.2) is 38.0 Å². The molecule has 2 atom stereocenters. The molecule has 116 valence electrons. The van der Waals surface area contributed by atoms with Crippen molar-refractivity contribution >= 4 is 11.6 Å². The Kier molecular flexibility index (Phi) is 8.70. The van der Waals surface area contributed by atoms with Gasteiger partial charge < -0.3 is 9.47 Å². The van der Waals surface area contributed by atoms with Crippen LogP contribution in [0.1, 0.15) is 52.4 Å². The summed E-state index contributed by atoms with van der Waals surface area (Å²) in [7, 11) is 0. The van der Waals surface area contributed by atoms with E-state index < -0.39 is 0 Å². The van der Waals surface area contributed by atoms with E-state index in [1.54, 1.807) is 0 Å². The molecule has 0 spiro atoms. The van der Waals surface area contributed by atoms with Crippen molar-refractivity contribution in [3.63, 3.8) is 0 Å². The molecule has 0 amide bonds. The fraction of sp³-hybridized carbons (Fsp3) is 0.875. The number of carbonyl (C=O) groups is 2. The lowest BCUT2D eigenvalue weighted by molar-refractivity contribution is -0.136. The van der Waals surface area contributed by atoms with Crippen molar-refractivity contribution in [2.75, 3.05) is 26.4 Å². The third kappa shape index (κ3) is 6.62. The predicted octanol–water partition coefficient (Wildman–Crippen LogP) is 2.78. The van der Waals surface area contributed by atoms with E-state index in [0.29, 0.717) is 32.7 Å². The summed E-state index contributed by atoms with van der Waals surface area (Å²) in [6, 6.07) is 0. The fourth-order valence-corrected chi connectivity index (χ4v) is 2.61. The van der Waals surface area contributed by atoms with Crippen LogP contribution in [0.2, 0.25) is 0 Å². The summed E-state index contributed by atoms with van der Waals surface area (Å²) in [5, 5.41) is 0. The number of carbonyl (C=O) groups excluding carboxylic acids is 2. The van der Waals surface area contributed by atoms with Crippen molar-refractivity contribution in [3.8, 4) is 0 Å². The number of unbranched alkanes of at least 4 members (excludes halogenated alkanes) is 1. The van der Waals surface area contributed by atoms with Crippen LogP contribution in [0.5, 0.6) is 0 Å². The van der Waals surface area contributed by atoms with Crippen molar-refractivity contribution in [3.05, 3.63) is 0 Å². The second kappa shape index (κ2) is 10.1. The van der Waals surface area contributed by atoms with Crippen molar-refractivity contribution in [2.24, 2.45) is 11.8 Å². The van der Waals surface area contributed by atoms with E-state index in [1.165, 1.54) is 0 Å². The maximum Gasteiger partial charge on any atom is 0.139 e. The summed E-state index contributed by atoms with van der Waals surface area (Å²) < 4.78 is 10.8. The van der Waals surface area contributed by atoms with Crippen molar-refractivity contribution in [1.29, 1.82) is 0 Å². The van der Waals surface area contributed by atoms with E-state index in [1.807, 2.05) is 6.92 Å². The van der Waals surface area contributed by atoms with Crippen molar-refractivity contribution < 1.29 is 19.1 Å². The van der Waals surface area contributed by atoms with E-state index >= 15 is 0 Å². The molecule has 1 rings (SSSR count). The van der Waals surface area contributed by atoms with Gasteiger partial charge in [0, 0.05) is 37.9 Å². The first-order valence-electron chi connectivity index (χ1n) is 7.86. The van der Waals surface area contributed by atoms with Crippen molar-refractivity contribution in [1.82, 2.24) is 0 Å². The molecule has 1 aliphatic rings. The van der Waals surface area contributed by atoms with E-state index in [-0.39, 0.29) is 23.4 Å². The molecule has 0 N–H and O–H groups in total. The van der Waals surface area contributed by atoms with Gasteiger partial charge in [-0.1, -0.05) is 20.3 Å². The number of Topliss-reactive ketones (excluding diaryl/α,β-unsaturated/α-hetero) is 2. The van der Waals surface area contributed by atoms with Gasteiger partial charge in [-0.15, -0.1) is 0 Å². The predicted molar refractivity (Wildman–Crippen MR) is 77.7 cm³/mol. The van der Waals surface area contributed by atoms with Gasteiger partial charge in [-0.05, 0) is 19.3 Å². The lowest BCUT2D eigenvalue weighted by Crippen LogP contribution is -2.31. The summed E-state index contributed by atoms with van der Waals surface area (Å²) in [5.74, 6) is 0.400. The van der Waals surface area contributed by atoms with Gasteiger partial charge in [-0.25, -0.2) is 0 Å². The molecule has 0 aromatic rings. The second-order valence-electron chi connectivity index (χ2n) is 5.67. The average molecular weight is 284 g/mol. The zero-order valence-corrected chi connectivity index (χ0v) is 12.9. The molecule has 0 bridgehead atoms. The topological polar surface area (TPSA) is 52.6 Å². The molecule has 0 aliphatic heterocycles. The highest BCUT2D eigenvalue weighted by Gasteiger charge is 2.31. The highest BCUT2D eigenvalue weighted by Crippen LogP contribution is 2.26. The number of ether oxygens (including phenoxy) is 2. The third-order valence-corrected chi connectivity index (χ3v) is 3.71. The molecule has 2 unspecified atom stereocenters. The summed E-state index contributed by atoms with van der Waals surface area (Å²) in [4.78, 5) is 23.4. The van der Waals surface area contributed by atoms with Gasteiger partial charge in [0.2, 0.25) is 0 Å². The van der Waals surface area contributed by atoms with Gasteiger partial charge in [-0.3, -0.25) is 9.59 Å². The quantitative estimate of drug-likeness (QED) is 0.579. The lowest BCUT2D eigenvalue weighted by atomic mass is 9.78. The smallest absolute Gasteiger partial charge is 0.139 e. The van der Waals surface area contributed by atoms with Crippen LogP contribution in [0, 0.1) is 11.8 Å². The molecule has 0 saturated heterocycles. The highest BCUT2D eigenvalue weighted by atomic mass is 16.5. The van der Waals surface area contributed by atoms with Crippen LogP contribution >= 0.6 is 0 Å². The fourth-order valence-electron chi connectivity index (χ4n) is 2.61. The Hall–Kier alpha value is -0.740. The van der Waals surface area contributed by atoms with Gasteiger partial charge >= 0.3 is 0 Å². The highest BCUT2D eigenvalue weighted by molar-refractivity contribution is 5.96. The summed E-state index contributed by atoms with van der Waals surface area (Å²) in [6.45, 7) is 6.74.